The van der Waals surface area contributed by atoms with Crippen LogP contribution in [0.25, 0.3) is 0 Å². The molecule has 2 N–H and O–H groups in total. The summed E-state index contributed by atoms with van der Waals surface area (Å²) < 4.78 is 4.97. The highest BCUT2D eigenvalue weighted by Crippen LogP contribution is 2.12. The number of rotatable bonds is 7. The lowest BCUT2D eigenvalue weighted by Gasteiger charge is -2.12. The third-order valence-electron chi connectivity index (χ3n) is 1.78. The molecule has 0 rings (SSSR count). The van der Waals surface area contributed by atoms with Gasteiger partial charge >= 0.3 is 0 Å². The first-order chi connectivity index (χ1) is 6.95. The molecule has 1 atom stereocenters. The Labute approximate surface area is 91.4 Å². The fraction of sp³-hybridized carbons (Fsp3) is 0.500. The van der Waals surface area contributed by atoms with E-state index in [0.717, 1.165) is 5.57 Å². The molecular weight excluding hydrogens is 192 g/mol. The van der Waals surface area contributed by atoms with Crippen molar-refractivity contribution in [2.75, 3.05) is 0 Å². The van der Waals surface area contributed by atoms with Gasteiger partial charge in [0.05, 0.1) is 11.5 Å². The minimum atomic E-state index is -0.851. The van der Waals surface area contributed by atoms with Gasteiger partial charge in [0.1, 0.15) is 0 Å². The highest BCUT2D eigenvalue weighted by molar-refractivity contribution is 5.16. The van der Waals surface area contributed by atoms with E-state index in [2.05, 4.69) is 13.2 Å². The molecule has 0 aliphatic carbocycles. The molecule has 15 heavy (non-hydrogen) atoms. The van der Waals surface area contributed by atoms with E-state index in [9.17, 15) is 10.2 Å². The predicted molar refractivity (Wildman–Crippen MR) is 61.3 cm³/mol. The number of hydrogen-bond donors (Lipinski definition) is 2. The van der Waals surface area contributed by atoms with Crippen molar-refractivity contribution < 1.29 is 14.9 Å². The van der Waals surface area contributed by atoms with Crippen molar-refractivity contribution in [3.05, 3.63) is 36.3 Å². The first-order valence-electron chi connectivity index (χ1n) is 5.03. The number of aliphatic hydroxyl groups is 2. The van der Waals surface area contributed by atoms with Crippen molar-refractivity contribution in [1.82, 2.24) is 0 Å². The molecule has 0 radical (unpaired) electrons. The summed E-state index contributed by atoms with van der Waals surface area (Å²) in [6, 6.07) is 0. The summed E-state index contributed by atoms with van der Waals surface area (Å²) in [5.74, 6) is 0.787. The first-order valence-corrected chi connectivity index (χ1v) is 5.03. The van der Waals surface area contributed by atoms with Gasteiger partial charge in [-0.05, 0) is 19.4 Å². The predicted octanol–water partition coefficient (Wildman–Crippen LogP) is 3.04. The van der Waals surface area contributed by atoms with E-state index in [1.165, 1.54) is 0 Å². The smallest absolute Gasteiger partial charge is 0.197 e. The van der Waals surface area contributed by atoms with Crippen LogP contribution in [-0.2, 0) is 4.74 Å². The standard InChI is InChI=1S/C12H20O3/c1-5-11(13)8-10(4)6-7-12(14)15-9(2)3/h8,12-14H,2,4-7H2,1,3H3/b11-8+. The van der Waals surface area contributed by atoms with Crippen LogP contribution in [0.1, 0.15) is 33.1 Å². The van der Waals surface area contributed by atoms with Crippen molar-refractivity contribution in [2.45, 2.75) is 39.4 Å². The van der Waals surface area contributed by atoms with Gasteiger partial charge in [-0.25, -0.2) is 0 Å². The summed E-state index contributed by atoms with van der Waals surface area (Å²) in [6.45, 7) is 10.8. The van der Waals surface area contributed by atoms with Crippen molar-refractivity contribution in [3.8, 4) is 0 Å². The van der Waals surface area contributed by atoms with E-state index in [1.807, 2.05) is 6.92 Å². The lowest BCUT2D eigenvalue weighted by Crippen LogP contribution is -2.10. The normalized spacial score (nSPS) is 13.4. The Hall–Kier alpha value is -1.22. The Balaban J connectivity index is 3.85. The number of allylic oxidation sites excluding steroid dienone is 4. The highest BCUT2D eigenvalue weighted by atomic mass is 16.6. The van der Waals surface area contributed by atoms with Gasteiger partial charge in [-0.1, -0.05) is 25.7 Å². The van der Waals surface area contributed by atoms with Gasteiger partial charge in [0.2, 0.25) is 0 Å². The van der Waals surface area contributed by atoms with Crippen molar-refractivity contribution in [3.63, 3.8) is 0 Å². The molecule has 3 nitrogen and oxygen atoms in total. The van der Waals surface area contributed by atoms with Gasteiger partial charge in [-0.15, -0.1) is 0 Å². The average Bonchev–Trinajstić information content (AvgIpc) is 2.13. The van der Waals surface area contributed by atoms with Crippen LogP contribution in [0, 0.1) is 0 Å². The van der Waals surface area contributed by atoms with E-state index in [1.54, 1.807) is 13.0 Å². The van der Waals surface area contributed by atoms with Crippen LogP contribution in [0.3, 0.4) is 0 Å². The third kappa shape index (κ3) is 7.82. The quantitative estimate of drug-likeness (QED) is 0.387. The molecule has 0 amide bonds. The van der Waals surface area contributed by atoms with Gasteiger partial charge < -0.3 is 14.9 Å². The Kier molecular flexibility index (Phi) is 6.54. The summed E-state index contributed by atoms with van der Waals surface area (Å²) in [5.41, 5.74) is 0.777. The summed E-state index contributed by atoms with van der Waals surface area (Å²) in [5, 5.41) is 18.6. The average molecular weight is 212 g/mol. The first kappa shape index (κ1) is 13.8. The third-order valence-corrected chi connectivity index (χ3v) is 1.78. The Morgan fingerprint density at radius 1 is 1.47 bits per heavy atom. The SMILES string of the molecule is C=C(/C=C(/O)CC)CCC(O)OC(=C)C. The van der Waals surface area contributed by atoms with Gasteiger partial charge in [0.15, 0.2) is 6.29 Å². The molecule has 0 aromatic rings. The zero-order valence-electron chi connectivity index (χ0n) is 9.49. The van der Waals surface area contributed by atoms with E-state index in [-0.39, 0.29) is 0 Å². The molecular formula is C12H20O3. The molecule has 0 aliphatic heterocycles. The molecule has 0 fully saturated rings. The molecule has 0 spiro atoms. The van der Waals surface area contributed by atoms with Crippen molar-refractivity contribution in [1.29, 1.82) is 0 Å². The second-order valence-corrected chi connectivity index (χ2v) is 3.46. The monoisotopic (exact) mass is 212 g/mol. The molecule has 0 aliphatic rings. The van der Waals surface area contributed by atoms with E-state index < -0.39 is 6.29 Å². The van der Waals surface area contributed by atoms with Crippen LogP contribution in [0.2, 0.25) is 0 Å². The molecule has 1 unspecified atom stereocenters. The van der Waals surface area contributed by atoms with Crippen LogP contribution in [0.5, 0.6) is 0 Å². The number of hydrogen-bond acceptors (Lipinski definition) is 3. The number of ether oxygens (including phenoxy) is 1. The zero-order valence-corrected chi connectivity index (χ0v) is 9.49. The van der Waals surface area contributed by atoms with Crippen LogP contribution in [0.15, 0.2) is 36.3 Å². The molecule has 0 aromatic heterocycles. The second-order valence-electron chi connectivity index (χ2n) is 3.46. The maximum Gasteiger partial charge on any atom is 0.197 e. The van der Waals surface area contributed by atoms with Crippen LogP contribution >= 0.6 is 0 Å². The van der Waals surface area contributed by atoms with Gasteiger partial charge in [0, 0.05) is 12.8 Å². The van der Waals surface area contributed by atoms with Crippen LogP contribution < -0.4 is 0 Å². The minimum Gasteiger partial charge on any atom is -0.512 e. The van der Waals surface area contributed by atoms with Crippen molar-refractivity contribution in [2.24, 2.45) is 0 Å². The fourth-order valence-electron chi connectivity index (χ4n) is 1.01. The van der Waals surface area contributed by atoms with E-state index in [0.29, 0.717) is 30.8 Å². The molecule has 0 bridgehead atoms. The molecule has 0 heterocycles. The largest absolute Gasteiger partial charge is 0.512 e. The molecule has 0 aromatic carbocycles. The summed E-state index contributed by atoms with van der Waals surface area (Å²) in [6.07, 6.45) is 2.38. The number of aliphatic hydroxyl groups excluding tert-OH is 2. The summed E-state index contributed by atoms with van der Waals surface area (Å²) >= 11 is 0. The van der Waals surface area contributed by atoms with Gasteiger partial charge in [-0.2, -0.15) is 0 Å². The maximum atomic E-state index is 9.35. The Morgan fingerprint density at radius 2 is 2.07 bits per heavy atom. The van der Waals surface area contributed by atoms with Crippen LogP contribution in [0.4, 0.5) is 0 Å². The van der Waals surface area contributed by atoms with Crippen molar-refractivity contribution >= 4 is 0 Å². The van der Waals surface area contributed by atoms with E-state index >= 15 is 0 Å². The van der Waals surface area contributed by atoms with Gasteiger partial charge in [-0.3, -0.25) is 0 Å². The highest BCUT2D eigenvalue weighted by Gasteiger charge is 2.04. The topological polar surface area (TPSA) is 49.7 Å². The summed E-state index contributed by atoms with van der Waals surface area (Å²) in [7, 11) is 0. The Morgan fingerprint density at radius 3 is 2.53 bits per heavy atom. The zero-order chi connectivity index (χ0) is 11.8. The molecule has 3 heteroatoms. The summed E-state index contributed by atoms with van der Waals surface area (Å²) in [4.78, 5) is 0. The molecule has 0 saturated heterocycles. The minimum absolute atomic E-state index is 0.301. The van der Waals surface area contributed by atoms with Gasteiger partial charge in [0.25, 0.3) is 0 Å². The lowest BCUT2D eigenvalue weighted by molar-refractivity contribution is -0.0678. The van der Waals surface area contributed by atoms with Crippen LogP contribution in [-0.4, -0.2) is 16.5 Å². The maximum absolute atomic E-state index is 9.35. The lowest BCUT2D eigenvalue weighted by atomic mass is 10.1. The molecule has 86 valence electrons. The Bertz CT molecular complexity index is 254. The molecule has 0 saturated carbocycles. The second kappa shape index (κ2) is 7.12. The van der Waals surface area contributed by atoms with E-state index in [4.69, 9.17) is 4.74 Å². The fourth-order valence-corrected chi connectivity index (χ4v) is 1.01.